The fraction of sp³-hybridized carbons (Fsp3) is 0.250. The van der Waals surface area contributed by atoms with Crippen LogP contribution in [0.4, 0.5) is 0 Å². The van der Waals surface area contributed by atoms with E-state index in [9.17, 15) is 9.90 Å². The van der Waals surface area contributed by atoms with Crippen molar-refractivity contribution in [1.82, 2.24) is 0 Å². The monoisotopic (exact) mass is 347 g/mol. The largest absolute Gasteiger partial charge is 0.545 e. The first-order valence-electron chi connectivity index (χ1n) is 5.01. The molecule has 92 valence electrons. The lowest BCUT2D eigenvalue weighted by atomic mass is 10.2. The van der Waals surface area contributed by atoms with Gasteiger partial charge in [-0.1, -0.05) is 12.7 Å². The Bertz CT molecular complexity index is 429. The summed E-state index contributed by atoms with van der Waals surface area (Å²) >= 11 is 1.99. The van der Waals surface area contributed by atoms with Gasteiger partial charge in [0, 0.05) is 5.56 Å². The molecule has 1 aromatic rings. The number of ether oxygens (including phenoxy) is 2. The number of halogens is 1. The minimum Gasteiger partial charge on any atom is -0.545 e. The normalized spacial score (nSPS) is 9.76. The maximum Gasteiger partial charge on any atom is 0.174 e. The molecule has 1 aromatic carbocycles. The van der Waals surface area contributed by atoms with E-state index < -0.39 is 5.97 Å². The Kier molecular flexibility index (Phi) is 5.27. The molecule has 0 aromatic heterocycles. The van der Waals surface area contributed by atoms with Crippen LogP contribution in [0.2, 0.25) is 0 Å². The van der Waals surface area contributed by atoms with Crippen LogP contribution in [0.15, 0.2) is 24.8 Å². The number of rotatable bonds is 6. The summed E-state index contributed by atoms with van der Waals surface area (Å²) < 4.78 is 11.5. The summed E-state index contributed by atoms with van der Waals surface area (Å²) in [4.78, 5) is 10.8. The van der Waals surface area contributed by atoms with Gasteiger partial charge >= 0.3 is 0 Å². The molecule has 0 bridgehead atoms. The van der Waals surface area contributed by atoms with E-state index in [1.165, 1.54) is 12.1 Å². The molecule has 0 aliphatic carbocycles. The molecule has 0 amide bonds. The van der Waals surface area contributed by atoms with Gasteiger partial charge in [0.25, 0.3) is 0 Å². The van der Waals surface area contributed by atoms with Crippen LogP contribution in [0.1, 0.15) is 17.3 Å². The lowest BCUT2D eigenvalue weighted by Crippen LogP contribution is -2.22. The van der Waals surface area contributed by atoms with E-state index in [2.05, 4.69) is 6.58 Å². The maximum absolute atomic E-state index is 10.8. The van der Waals surface area contributed by atoms with E-state index >= 15 is 0 Å². The van der Waals surface area contributed by atoms with Crippen molar-refractivity contribution in [2.24, 2.45) is 0 Å². The summed E-state index contributed by atoms with van der Waals surface area (Å²) in [6.45, 7) is 6.13. The van der Waals surface area contributed by atoms with Crippen LogP contribution in [0.5, 0.6) is 11.5 Å². The molecule has 0 atom stereocenters. The molecular formula is C12H12IO4-. The van der Waals surface area contributed by atoms with Gasteiger partial charge in [-0.2, -0.15) is 0 Å². The third-order valence-corrected chi connectivity index (χ3v) is 2.69. The highest BCUT2D eigenvalue weighted by Crippen LogP contribution is 2.34. The van der Waals surface area contributed by atoms with Gasteiger partial charge in [0.15, 0.2) is 11.5 Å². The molecule has 5 heteroatoms. The number of carbonyl (C=O) groups is 1. The molecule has 1 rings (SSSR count). The molecule has 0 heterocycles. The second kappa shape index (κ2) is 6.48. The minimum absolute atomic E-state index is 0.0730. The van der Waals surface area contributed by atoms with Crippen LogP contribution in [-0.4, -0.2) is 19.2 Å². The summed E-state index contributed by atoms with van der Waals surface area (Å²) in [7, 11) is 0. The van der Waals surface area contributed by atoms with Crippen molar-refractivity contribution in [3.63, 3.8) is 0 Å². The average molecular weight is 347 g/mol. The van der Waals surface area contributed by atoms with Gasteiger partial charge in [-0.05, 0) is 41.6 Å². The zero-order valence-electron chi connectivity index (χ0n) is 9.36. The van der Waals surface area contributed by atoms with Gasteiger partial charge in [0.2, 0.25) is 0 Å². The highest BCUT2D eigenvalue weighted by molar-refractivity contribution is 14.1. The smallest absolute Gasteiger partial charge is 0.174 e. The van der Waals surface area contributed by atoms with Crippen LogP contribution < -0.4 is 14.6 Å². The molecule has 0 saturated carbocycles. The number of carboxylic acids is 1. The molecule has 0 aliphatic rings. The molecule has 0 saturated heterocycles. The Hall–Kier alpha value is -1.24. The quantitative estimate of drug-likeness (QED) is 0.580. The van der Waals surface area contributed by atoms with Gasteiger partial charge in [-0.3, -0.25) is 0 Å². The highest BCUT2D eigenvalue weighted by Gasteiger charge is 2.12. The fourth-order valence-electron chi connectivity index (χ4n) is 1.23. The SMILES string of the molecule is C=CCOc1c(I)cc(C(=O)[O-])cc1OCC. The molecular weight excluding hydrogens is 335 g/mol. The first-order chi connectivity index (χ1) is 8.10. The maximum atomic E-state index is 10.8. The Morgan fingerprint density at radius 2 is 2.24 bits per heavy atom. The van der Waals surface area contributed by atoms with Gasteiger partial charge in [-0.25, -0.2) is 0 Å². The van der Waals surface area contributed by atoms with Crippen LogP contribution >= 0.6 is 22.6 Å². The minimum atomic E-state index is -1.24. The molecule has 0 fully saturated rings. The van der Waals surface area contributed by atoms with Crippen molar-refractivity contribution in [3.8, 4) is 11.5 Å². The molecule has 0 N–H and O–H groups in total. The van der Waals surface area contributed by atoms with Crippen LogP contribution in [0.3, 0.4) is 0 Å². The summed E-state index contributed by atoms with van der Waals surface area (Å²) in [6.07, 6.45) is 1.61. The third kappa shape index (κ3) is 3.62. The van der Waals surface area contributed by atoms with Crippen molar-refractivity contribution < 1.29 is 19.4 Å². The number of hydrogen-bond acceptors (Lipinski definition) is 4. The highest BCUT2D eigenvalue weighted by atomic mass is 127. The average Bonchev–Trinajstić information content (AvgIpc) is 2.28. The lowest BCUT2D eigenvalue weighted by Gasteiger charge is -2.14. The number of carbonyl (C=O) groups excluding carboxylic acids is 1. The number of aromatic carboxylic acids is 1. The number of hydrogen-bond donors (Lipinski definition) is 0. The van der Waals surface area contributed by atoms with E-state index in [4.69, 9.17) is 9.47 Å². The number of carboxylic acid groups (broad SMARTS) is 1. The van der Waals surface area contributed by atoms with Crippen molar-refractivity contribution in [2.45, 2.75) is 6.92 Å². The van der Waals surface area contributed by atoms with E-state index in [0.29, 0.717) is 28.3 Å². The predicted octanol–water partition coefficient (Wildman–Crippen LogP) is 1.62. The number of benzene rings is 1. The van der Waals surface area contributed by atoms with Gasteiger partial charge in [0.1, 0.15) is 6.61 Å². The van der Waals surface area contributed by atoms with Crippen molar-refractivity contribution >= 4 is 28.6 Å². The first-order valence-corrected chi connectivity index (χ1v) is 6.09. The van der Waals surface area contributed by atoms with Gasteiger partial charge < -0.3 is 19.4 Å². The second-order valence-electron chi connectivity index (χ2n) is 3.11. The molecule has 0 spiro atoms. The van der Waals surface area contributed by atoms with Crippen LogP contribution in [0.25, 0.3) is 0 Å². The zero-order chi connectivity index (χ0) is 12.8. The Balaban J connectivity index is 3.17. The van der Waals surface area contributed by atoms with Gasteiger partial charge in [0.05, 0.1) is 16.1 Å². The Morgan fingerprint density at radius 3 is 2.76 bits per heavy atom. The fourth-order valence-corrected chi connectivity index (χ4v) is 1.99. The second-order valence-corrected chi connectivity index (χ2v) is 4.27. The molecule has 0 unspecified atom stereocenters. The topological polar surface area (TPSA) is 58.6 Å². The van der Waals surface area contributed by atoms with Crippen LogP contribution in [-0.2, 0) is 0 Å². The van der Waals surface area contributed by atoms with Crippen molar-refractivity contribution in [3.05, 3.63) is 33.9 Å². The predicted molar refractivity (Wildman–Crippen MR) is 70.4 cm³/mol. The Labute approximate surface area is 113 Å². The summed E-state index contributed by atoms with van der Waals surface area (Å²) in [5.74, 6) is -0.308. The Morgan fingerprint density at radius 1 is 1.53 bits per heavy atom. The molecule has 4 nitrogen and oxygen atoms in total. The summed E-state index contributed by atoms with van der Waals surface area (Å²) in [5, 5.41) is 10.8. The summed E-state index contributed by atoms with van der Waals surface area (Å²) in [5.41, 5.74) is 0.0730. The van der Waals surface area contributed by atoms with E-state index in [1.54, 1.807) is 6.08 Å². The van der Waals surface area contributed by atoms with E-state index in [1.807, 2.05) is 29.5 Å². The molecule has 0 aliphatic heterocycles. The summed E-state index contributed by atoms with van der Waals surface area (Å²) in [6, 6.07) is 2.89. The molecule has 0 radical (unpaired) electrons. The van der Waals surface area contributed by atoms with Gasteiger partial charge in [-0.15, -0.1) is 0 Å². The third-order valence-electron chi connectivity index (χ3n) is 1.89. The van der Waals surface area contributed by atoms with E-state index in [0.717, 1.165) is 0 Å². The lowest BCUT2D eigenvalue weighted by molar-refractivity contribution is -0.255. The van der Waals surface area contributed by atoms with Crippen molar-refractivity contribution in [1.29, 1.82) is 0 Å². The van der Waals surface area contributed by atoms with E-state index in [-0.39, 0.29) is 5.56 Å². The standard InChI is InChI=1S/C12H13IO4/c1-3-5-17-11-9(13)6-8(12(14)15)7-10(11)16-4-2/h3,6-7H,1,4-5H2,2H3,(H,14,15)/p-1. The molecule has 17 heavy (non-hydrogen) atoms. The van der Waals surface area contributed by atoms with Crippen LogP contribution in [0, 0.1) is 3.57 Å². The zero-order valence-corrected chi connectivity index (χ0v) is 11.5. The first kappa shape index (κ1) is 13.8. The van der Waals surface area contributed by atoms with Crippen molar-refractivity contribution in [2.75, 3.05) is 13.2 Å².